The van der Waals surface area contributed by atoms with Gasteiger partial charge in [0, 0.05) is 10.8 Å². The second-order valence-corrected chi connectivity index (χ2v) is 7.53. The van der Waals surface area contributed by atoms with E-state index in [-0.39, 0.29) is 0 Å². The van der Waals surface area contributed by atoms with Gasteiger partial charge in [-0.15, -0.1) is 0 Å². The molecule has 0 aromatic heterocycles. The number of carbonyl (C=O) groups is 2. The molecule has 3 rings (SSSR count). The minimum absolute atomic E-state index is 0.549. The highest BCUT2D eigenvalue weighted by molar-refractivity contribution is 6.16. The van der Waals surface area contributed by atoms with Gasteiger partial charge >= 0.3 is 12.1 Å². The molecule has 5 heteroatoms. The monoisotopic (exact) mass is 365 g/mol. The lowest BCUT2D eigenvalue weighted by atomic mass is 9.99. The van der Waals surface area contributed by atoms with Crippen molar-refractivity contribution in [3.8, 4) is 0 Å². The Labute approximate surface area is 158 Å². The van der Waals surface area contributed by atoms with Gasteiger partial charge in [-0.2, -0.15) is 0 Å². The van der Waals surface area contributed by atoms with Crippen LogP contribution in [0, 0.1) is 0 Å². The van der Waals surface area contributed by atoms with Crippen molar-refractivity contribution in [3.05, 3.63) is 54.6 Å². The van der Waals surface area contributed by atoms with E-state index in [1.807, 2.05) is 54.6 Å². The van der Waals surface area contributed by atoms with Gasteiger partial charge in [-0.3, -0.25) is 4.90 Å². The van der Waals surface area contributed by atoms with Crippen LogP contribution in [0.2, 0.25) is 0 Å². The van der Waals surface area contributed by atoms with Crippen LogP contribution in [0.5, 0.6) is 0 Å². The molecule has 0 fully saturated rings. The van der Waals surface area contributed by atoms with E-state index in [9.17, 15) is 14.7 Å². The van der Waals surface area contributed by atoms with E-state index in [1.165, 1.54) is 11.8 Å². The van der Waals surface area contributed by atoms with Gasteiger partial charge in [-0.1, -0.05) is 48.5 Å². The lowest BCUT2D eigenvalue weighted by Gasteiger charge is -2.31. The zero-order valence-electron chi connectivity index (χ0n) is 15.9. The zero-order valence-corrected chi connectivity index (χ0v) is 15.9. The van der Waals surface area contributed by atoms with Gasteiger partial charge in [0.2, 0.25) is 0 Å². The van der Waals surface area contributed by atoms with Crippen molar-refractivity contribution in [3.63, 3.8) is 0 Å². The largest absolute Gasteiger partial charge is 0.480 e. The van der Waals surface area contributed by atoms with Crippen LogP contribution in [-0.4, -0.2) is 28.8 Å². The summed E-state index contributed by atoms with van der Waals surface area (Å²) in [5.74, 6) is -1.10. The van der Waals surface area contributed by atoms with Gasteiger partial charge in [-0.05, 0) is 44.5 Å². The van der Waals surface area contributed by atoms with Crippen molar-refractivity contribution in [1.29, 1.82) is 0 Å². The Bertz CT molecular complexity index is 966. The van der Waals surface area contributed by atoms with E-state index in [0.29, 0.717) is 5.69 Å². The summed E-state index contributed by atoms with van der Waals surface area (Å²) >= 11 is 0. The molecule has 0 saturated heterocycles. The van der Waals surface area contributed by atoms with Gasteiger partial charge in [-0.25, -0.2) is 9.59 Å². The number of anilines is 1. The standard InChI is InChI=1S/C22H23NO4/c1-14(20(24)25)23(21(26)27-22(2,3)4)19-17-11-7-5-9-15(17)13-16-10-6-8-12-18(16)19/h5-14H,1-4H3,(H,24,25)/t14-/m0/s1. The topological polar surface area (TPSA) is 66.8 Å². The summed E-state index contributed by atoms with van der Waals surface area (Å²) in [5.41, 5.74) is -0.193. The van der Waals surface area contributed by atoms with Crippen LogP contribution in [0.3, 0.4) is 0 Å². The van der Waals surface area contributed by atoms with E-state index in [4.69, 9.17) is 4.74 Å². The molecule has 27 heavy (non-hydrogen) atoms. The first kappa shape index (κ1) is 18.7. The van der Waals surface area contributed by atoms with Crippen molar-refractivity contribution in [2.24, 2.45) is 0 Å². The quantitative estimate of drug-likeness (QED) is 0.647. The molecule has 0 saturated carbocycles. The molecule has 0 unspecified atom stereocenters. The lowest BCUT2D eigenvalue weighted by molar-refractivity contribution is -0.138. The molecular weight excluding hydrogens is 342 g/mol. The predicted octanol–water partition coefficient (Wildman–Crippen LogP) is 5.21. The van der Waals surface area contributed by atoms with Gasteiger partial charge in [0.05, 0.1) is 5.69 Å². The molecule has 0 aliphatic carbocycles. The van der Waals surface area contributed by atoms with E-state index < -0.39 is 23.7 Å². The molecule has 140 valence electrons. The SMILES string of the molecule is C[C@@H](C(=O)O)N(C(=O)OC(C)(C)C)c1c2ccccc2cc2ccccc12. The summed E-state index contributed by atoms with van der Waals surface area (Å²) in [6, 6.07) is 16.2. The summed E-state index contributed by atoms with van der Waals surface area (Å²) in [5, 5.41) is 13.1. The van der Waals surface area contributed by atoms with Crippen LogP contribution in [0.25, 0.3) is 21.5 Å². The summed E-state index contributed by atoms with van der Waals surface area (Å²) in [4.78, 5) is 26.1. The van der Waals surface area contributed by atoms with Crippen LogP contribution in [0.4, 0.5) is 10.5 Å². The maximum absolute atomic E-state index is 13.0. The van der Waals surface area contributed by atoms with Gasteiger partial charge < -0.3 is 9.84 Å². The van der Waals surface area contributed by atoms with Crippen molar-refractivity contribution in [2.75, 3.05) is 4.90 Å². The Morgan fingerprint density at radius 2 is 1.44 bits per heavy atom. The Balaban J connectivity index is 2.34. The highest BCUT2D eigenvalue weighted by Crippen LogP contribution is 2.37. The second kappa shape index (κ2) is 6.91. The Morgan fingerprint density at radius 1 is 0.963 bits per heavy atom. The number of carboxylic acid groups (broad SMARTS) is 1. The van der Waals surface area contributed by atoms with Crippen molar-refractivity contribution >= 4 is 39.3 Å². The van der Waals surface area contributed by atoms with E-state index in [0.717, 1.165) is 21.5 Å². The number of hydrogen-bond donors (Lipinski definition) is 1. The number of aliphatic carboxylic acids is 1. The third-order valence-electron chi connectivity index (χ3n) is 4.32. The molecule has 0 bridgehead atoms. The summed E-state index contributed by atoms with van der Waals surface area (Å²) < 4.78 is 5.55. The Kier molecular flexibility index (Phi) is 4.79. The fourth-order valence-electron chi connectivity index (χ4n) is 3.11. The molecule has 0 aliphatic heterocycles. The number of nitrogens with zero attached hydrogens (tertiary/aromatic N) is 1. The maximum Gasteiger partial charge on any atom is 0.415 e. The van der Waals surface area contributed by atoms with E-state index >= 15 is 0 Å². The lowest BCUT2D eigenvalue weighted by Crippen LogP contribution is -2.46. The molecule has 1 N–H and O–H groups in total. The molecular formula is C22H23NO4. The van der Waals surface area contributed by atoms with Crippen molar-refractivity contribution in [1.82, 2.24) is 0 Å². The number of fused-ring (bicyclic) bond motifs is 2. The first-order chi connectivity index (χ1) is 12.7. The number of carboxylic acids is 1. The highest BCUT2D eigenvalue weighted by atomic mass is 16.6. The third-order valence-corrected chi connectivity index (χ3v) is 4.32. The first-order valence-electron chi connectivity index (χ1n) is 8.84. The maximum atomic E-state index is 13.0. The molecule has 3 aromatic rings. The average Bonchev–Trinajstić information content (AvgIpc) is 2.59. The van der Waals surface area contributed by atoms with Crippen LogP contribution >= 0.6 is 0 Å². The molecule has 0 heterocycles. The van der Waals surface area contributed by atoms with E-state index in [2.05, 4.69) is 0 Å². The van der Waals surface area contributed by atoms with Crippen LogP contribution in [-0.2, 0) is 9.53 Å². The fraction of sp³-hybridized carbons (Fsp3) is 0.273. The second-order valence-electron chi connectivity index (χ2n) is 7.53. The molecule has 1 atom stereocenters. The van der Waals surface area contributed by atoms with Gasteiger partial charge in [0.15, 0.2) is 0 Å². The number of rotatable bonds is 3. The minimum atomic E-state index is -1.10. The van der Waals surface area contributed by atoms with Crippen molar-refractivity contribution in [2.45, 2.75) is 39.3 Å². The summed E-state index contributed by atoms with van der Waals surface area (Å²) in [6.45, 7) is 6.77. The number of amides is 1. The molecule has 5 nitrogen and oxygen atoms in total. The first-order valence-corrected chi connectivity index (χ1v) is 8.84. The summed E-state index contributed by atoms with van der Waals surface area (Å²) in [6.07, 6.45) is -0.682. The van der Waals surface area contributed by atoms with Crippen molar-refractivity contribution < 1.29 is 19.4 Å². The predicted molar refractivity (Wildman–Crippen MR) is 107 cm³/mol. The Morgan fingerprint density at radius 3 is 1.89 bits per heavy atom. The third kappa shape index (κ3) is 3.72. The number of hydrogen-bond acceptors (Lipinski definition) is 3. The molecule has 0 spiro atoms. The Hall–Kier alpha value is -3.08. The molecule has 3 aromatic carbocycles. The molecule has 1 amide bonds. The van der Waals surface area contributed by atoms with Crippen LogP contribution in [0.1, 0.15) is 27.7 Å². The average molecular weight is 365 g/mol. The van der Waals surface area contributed by atoms with Crippen LogP contribution < -0.4 is 4.90 Å². The number of benzene rings is 3. The fourth-order valence-corrected chi connectivity index (χ4v) is 3.11. The normalized spacial score (nSPS) is 12.7. The van der Waals surface area contributed by atoms with Crippen LogP contribution in [0.15, 0.2) is 54.6 Å². The molecule has 0 aliphatic rings. The summed E-state index contributed by atoms with van der Waals surface area (Å²) in [7, 11) is 0. The highest BCUT2D eigenvalue weighted by Gasteiger charge is 2.33. The van der Waals surface area contributed by atoms with E-state index in [1.54, 1.807) is 20.8 Å². The van der Waals surface area contributed by atoms with Gasteiger partial charge in [0.25, 0.3) is 0 Å². The number of carbonyl (C=O) groups excluding carboxylic acids is 1. The smallest absolute Gasteiger partial charge is 0.415 e. The minimum Gasteiger partial charge on any atom is -0.480 e. The number of ether oxygens (including phenoxy) is 1. The van der Waals surface area contributed by atoms with Gasteiger partial charge in [0.1, 0.15) is 11.6 Å². The molecule has 0 radical (unpaired) electrons. The zero-order chi connectivity index (χ0) is 19.8.